The summed E-state index contributed by atoms with van der Waals surface area (Å²) in [4.78, 5) is 15.9. The minimum absolute atomic E-state index is 0.000154. The number of ether oxygens (including phenoxy) is 1. The van der Waals surface area contributed by atoms with Crippen LogP contribution in [0.15, 0.2) is 45.7 Å². The highest BCUT2D eigenvalue weighted by atomic mass is 35.5. The number of nitrogens with two attached hydrogens (primary N) is 1. The molecule has 2 N–H and O–H groups in total. The van der Waals surface area contributed by atoms with Gasteiger partial charge in [0.05, 0.1) is 47.7 Å². The molecule has 10 nitrogen and oxygen atoms in total. The first-order valence-corrected chi connectivity index (χ1v) is 12.8. The molecule has 3 heterocycles. The van der Waals surface area contributed by atoms with E-state index in [-0.39, 0.29) is 34.6 Å². The van der Waals surface area contributed by atoms with Gasteiger partial charge in [0.1, 0.15) is 5.82 Å². The second-order valence-corrected chi connectivity index (χ2v) is 10.7. The summed E-state index contributed by atoms with van der Waals surface area (Å²) in [6.45, 7) is 2.05. The SMILES string of the molecule is NC1CS(=O)(=O)c2cc(F)c(-c3nnc(N4CCOCC4)o3)cc2N(Cc2ccc(Cl)cc2)C1=O. The molecule has 1 aromatic heterocycles. The molecule has 1 atom stereocenters. The summed E-state index contributed by atoms with van der Waals surface area (Å²) in [6, 6.07) is 7.71. The van der Waals surface area contributed by atoms with Crippen LogP contribution in [0.1, 0.15) is 5.56 Å². The Balaban J connectivity index is 1.60. The number of aromatic nitrogens is 2. The molecule has 5 rings (SSSR count). The summed E-state index contributed by atoms with van der Waals surface area (Å²) < 4.78 is 52.2. The average Bonchev–Trinajstić information content (AvgIpc) is 3.31. The van der Waals surface area contributed by atoms with Gasteiger partial charge in [-0.25, -0.2) is 12.8 Å². The summed E-state index contributed by atoms with van der Waals surface area (Å²) in [5.74, 6) is -2.27. The Morgan fingerprint density at radius 3 is 2.57 bits per heavy atom. The molecule has 2 aromatic carbocycles. The molecule has 13 heteroatoms. The van der Waals surface area contributed by atoms with Crippen LogP contribution in [0, 0.1) is 5.82 Å². The zero-order chi connectivity index (χ0) is 24.7. The lowest BCUT2D eigenvalue weighted by Gasteiger charge is -2.25. The van der Waals surface area contributed by atoms with Crippen molar-refractivity contribution < 1.29 is 26.8 Å². The lowest BCUT2D eigenvalue weighted by molar-refractivity contribution is -0.119. The van der Waals surface area contributed by atoms with Crippen LogP contribution in [-0.4, -0.2) is 62.6 Å². The van der Waals surface area contributed by atoms with Crippen molar-refractivity contribution >= 4 is 39.0 Å². The van der Waals surface area contributed by atoms with Crippen molar-refractivity contribution in [3.8, 4) is 11.5 Å². The molecule has 0 spiro atoms. The number of hydrogen-bond acceptors (Lipinski definition) is 9. The third-order valence-corrected chi connectivity index (χ3v) is 7.88. The molecule has 184 valence electrons. The van der Waals surface area contributed by atoms with Crippen LogP contribution < -0.4 is 15.5 Å². The first-order valence-electron chi connectivity index (χ1n) is 10.8. The Bertz CT molecular complexity index is 1380. The Kier molecular flexibility index (Phi) is 6.21. The molecule has 3 aromatic rings. The van der Waals surface area contributed by atoms with Crippen LogP contribution in [0.25, 0.3) is 11.5 Å². The lowest BCUT2D eigenvalue weighted by atomic mass is 10.1. The second kappa shape index (κ2) is 9.19. The third kappa shape index (κ3) is 4.61. The predicted molar refractivity (Wildman–Crippen MR) is 125 cm³/mol. The number of fused-ring (bicyclic) bond motifs is 1. The van der Waals surface area contributed by atoms with E-state index in [4.69, 9.17) is 26.5 Å². The molecule has 0 saturated carbocycles. The molecular weight excluding hydrogens is 501 g/mol. The Morgan fingerprint density at radius 1 is 1.14 bits per heavy atom. The monoisotopic (exact) mass is 521 g/mol. The number of carbonyl (C=O) groups is 1. The van der Waals surface area contributed by atoms with E-state index in [2.05, 4.69) is 10.2 Å². The number of hydrogen-bond donors (Lipinski definition) is 1. The molecule has 1 saturated heterocycles. The van der Waals surface area contributed by atoms with E-state index in [9.17, 15) is 13.2 Å². The topological polar surface area (TPSA) is 132 Å². The molecular formula is C22H21ClFN5O5S. The number of nitrogens with zero attached hydrogens (tertiary/aromatic N) is 4. The van der Waals surface area contributed by atoms with Gasteiger partial charge in [-0.05, 0) is 29.8 Å². The maximum absolute atomic E-state index is 15.2. The van der Waals surface area contributed by atoms with Crippen LogP contribution in [0.4, 0.5) is 16.1 Å². The maximum Gasteiger partial charge on any atom is 0.318 e. The van der Waals surface area contributed by atoms with Gasteiger partial charge in [-0.15, -0.1) is 5.10 Å². The Hall–Kier alpha value is -3.06. The highest BCUT2D eigenvalue weighted by Gasteiger charge is 2.37. The molecule has 35 heavy (non-hydrogen) atoms. The zero-order valence-electron chi connectivity index (χ0n) is 18.4. The summed E-state index contributed by atoms with van der Waals surface area (Å²) in [5, 5.41) is 8.45. The number of carbonyl (C=O) groups excluding carboxylic acids is 1. The summed E-state index contributed by atoms with van der Waals surface area (Å²) in [6.07, 6.45) is 0. The number of halogens is 2. The molecule has 1 amide bonds. The van der Waals surface area contributed by atoms with E-state index in [0.717, 1.165) is 6.07 Å². The number of rotatable bonds is 4. The smallest absolute Gasteiger partial charge is 0.318 e. The van der Waals surface area contributed by atoms with Crippen molar-refractivity contribution in [1.29, 1.82) is 0 Å². The summed E-state index contributed by atoms with van der Waals surface area (Å²) in [7, 11) is -4.06. The number of morpholine rings is 1. The van der Waals surface area contributed by atoms with Crippen LogP contribution in [0.3, 0.4) is 0 Å². The highest BCUT2D eigenvalue weighted by molar-refractivity contribution is 7.91. The summed E-state index contributed by atoms with van der Waals surface area (Å²) >= 11 is 5.96. The van der Waals surface area contributed by atoms with E-state index in [1.165, 1.54) is 11.0 Å². The highest BCUT2D eigenvalue weighted by Crippen LogP contribution is 2.37. The minimum atomic E-state index is -4.06. The fourth-order valence-electron chi connectivity index (χ4n) is 4.03. The summed E-state index contributed by atoms with van der Waals surface area (Å²) in [5.41, 5.74) is 6.47. The fourth-order valence-corrected chi connectivity index (χ4v) is 5.72. The van der Waals surface area contributed by atoms with Crippen LogP contribution in [0.5, 0.6) is 0 Å². The van der Waals surface area contributed by atoms with Gasteiger partial charge in [0, 0.05) is 18.1 Å². The van der Waals surface area contributed by atoms with Crippen molar-refractivity contribution in [2.45, 2.75) is 17.5 Å². The van der Waals surface area contributed by atoms with Gasteiger partial charge in [-0.1, -0.05) is 28.8 Å². The van der Waals surface area contributed by atoms with E-state index in [1.807, 2.05) is 0 Å². The largest absolute Gasteiger partial charge is 0.403 e. The molecule has 1 unspecified atom stereocenters. The maximum atomic E-state index is 15.2. The van der Waals surface area contributed by atoms with Crippen molar-refractivity contribution in [1.82, 2.24) is 10.2 Å². The van der Waals surface area contributed by atoms with E-state index < -0.39 is 33.4 Å². The molecule has 2 aliphatic rings. The van der Waals surface area contributed by atoms with Crippen LogP contribution in [0.2, 0.25) is 5.02 Å². The zero-order valence-corrected chi connectivity index (χ0v) is 19.9. The van der Waals surface area contributed by atoms with E-state index in [1.54, 1.807) is 29.2 Å². The van der Waals surface area contributed by atoms with Crippen molar-refractivity contribution in [2.24, 2.45) is 5.73 Å². The van der Waals surface area contributed by atoms with Crippen LogP contribution in [-0.2, 0) is 25.9 Å². The number of benzene rings is 2. The standard InChI is InChI=1S/C22H21ClFN5O5S/c23-14-3-1-13(2-4-14)11-29-18-9-15(20-26-27-22(34-20)28-5-7-33-8-6-28)16(24)10-19(18)35(31,32)12-17(25)21(29)30/h1-4,9-10,17H,5-8,11-12,25H2. The van der Waals surface area contributed by atoms with E-state index in [0.29, 0.717) is 36.9 Å². The first-order chi connectivity index (χ1) is 16.7. The molecule has 2 aliphatic heterocycles. The van der Waals surface area contributed by atoms with Gasteiger partial charge < -0.3 is 24.7 Å². The average molecular weight is 522 g/mol. The molecule has 0 aliphatic carbocycles. The number of anilines is 2. The van der Waals surface area contributed by atoms with Gasteiger partial charge in [0.25, 0.3) is 5.89 Å². The van der Waals surface area contributed by atoms with Gasteiger partial charge in [0.15, 0.2) is 9.84 Å². The number of amides is 1. The van der Waals surface area contributed by atoms with Gasteiger partial charge in [0.2, 0.25) is 5.91 Å². The Morgan fingerprint density at radius 2 is 1.86 bits per heavy atom. The second-order valence-electron chi connectivity index (χ2n) is 8.23. The molecule has 0 radical (unpaired) electrons. The normalized spacial score (nSPS) is 20.0. The van der Waals surface area contributed by atoms with E-state index >= 15 is 4.39 Å². The first kappa shape index (κ1) is 23.7. The quantitative estimate of drug-likeness (QED) is 0.547. The van der Waals surface area contributed by atoms with Gasteiger partial charge >= 0.3 is 6.01 Å². The van der Waals surface area contributed by atoms with Gasteiger partial charge in [-0.2, -0.15) is 0 Å². The predicted octanol–water partition coefficient (Wildman–Crippen LogP) is 2.01. The van der Waals surface area contributed by atoms with Crippen molar-refractivity contribution in [2.75, 3.05) is 41.9 Å². The van der Waals surface area contributed by atoms with Gasteiger partial charge in [-0.3, -0.25) is 4.79 Å². The minimum Gasteiger partial charge on any atom is -0.403 e. The fraction of sp³-hybridized carbons (Fsp3) is 0.318. The van der Waals surface area contributed by atoms with Crippen molar-refractivity contribution in [3.63, 3.8) is 0 Å². The van der Waals surface area contributed by atoms with Crippen LogP contribution >= 0.6 is 11.6 Å². The number of sulfone groups is 1. The van der Waals surface area contributed by atoms with Crippen molar-refractivity contribution in [3.05, 3.63) is 52.8 Å². The lowest BCUT2D eigenvalue weighted by Crippen LogP contribution is -2.45. The molecule has 1 fully saturated rings. The Labute approximate surface area is 205 Å². The third-order valence-electron chi connectivity index (χ3n) is 5.84. The molecule has 0 bridgehead atoms.